The molecule has 4 nitrogen and oxygen atoms in total. The third-order valence-electron chi connectivity index (χ3n) is 4.29. The van der Waals surface area contributed by atoms with Gasteiger partial charge in [0.2, 0.25) is 0 Å². The van der Waals surface area contributed by atoms with Crippen molar-refractivity contribution in [2.75, 3.05) is 19.6 Å². The molecule has 1 N–H and O–H groups in total. The molecule has 0 bridgehead atoms. The summed E-state index contributed by atoms with van der Waals surface area (Å²) in [6, 6.07) is 12.3. The van der Waals surface area contributed by atoms with Gasteiger partial charge in [0.1, 0.15) is 0 Å². The lowest BCUT2D eigenvalue weighted by Gasteiger charge is -2.28. The van der Waals surface area contributed by atoms with E-state index in [1.165, 1.54) is 0 Å². The van der Waals surface area contributed by atoms with Gasteiger partial charge in [0, 0.05) is 37.1 Å². The smallest absolute Gasteiger partial charge is 0.255 e. The average Bonchev–Trinajstić information content (AvgIpc) is 3.14. The van der Waals surface area contributed by atoms with E-state index in [1.54, 1.807) is 6.20 Å². The molecule has 1 atom stereocenters. The molecule has 136 valence electrons. The van der Waals surface area contributed by atoms with Crippen LogP contribution in [0, 0.1) is 0 Å². The largest absolute Gasteiger partial charge is 0.334 e. The number of amides is 1. The van der Waals surface area contributed by atoms with E-state index < -0.39 is 0 Å². The molecule has 0 radical (unpaired) electrons. The number of carbonyl (C=O) groups is 1. The Kier molecular flexibility index (Phi) is 8.90. The molecule has 0 spiro atoms. The highest BCUT2D eigenvalue weighted by Gasteiger charge is 2.26. The van der Waals surface area contributed by atoms with Gasteiger partial charge in [-0.05, 0) is 31.0 Å². The lowest BCUT2D eigenvalue weighted by Crippen LogP contribution is -2.42. The van der Waals surface area contributed by atoms with Crippen molar-refractivity contribution in [3.8, 4) is 11.1 Å². The fraction of sp³-hybridized carbons (Fsp3) is 0.368. The van der Waals surface area contributed by atoms with Crippen molar-refractivity contribution in [3.63, 3.8) is 0 Å². The maximum Gasteiger partial charge on any atom is 0.255 e. The fourth-order valence-electron chi connectivity index (χ4n) is 3.11. The lowest BCUT2D eigenvalue weighted by atomic mass is 10.1. The van der Waals surface area contributed by atoms with Crippen LogP contribution in [0.4, 0.5) is 0 Å². The Morgan fingerprint density at radius 2 is 1.96 bits per heavy atom. The summed E-state index contributed by atoms with van der Waals surface area (Å²) >= 11 is 0. The van der Waals surface area contributed by atoms with E-state index in [0.29, 0.717) is 11.6 Å². The van der Waals surface area contributed by atoms with Crippen molar-refractivity contribution < 1.29 is 4.79 Å². The van der Waals surface area contributed by atoms with Gasteiger partial charge >= 0.3 is 0 Å². The third kappa shape index (κ3) is 5.18. The van der Waals surface area contributed by atoms with E-state index in [-0.39, 0.29) is 30.7 Å². The van der Waals surface area contributed by atoms with E-state index in [1.807, 2.05) is 47.5 Å². The molecule has 3 rings (SSSR count). The third-order valence-corrected chi connectivity index (χ3v) is 4.29. The van der Waals surface area contributed by atoms with Crippen LogP contribution in [0.2, 0.25) is 0 Å². The number of nitrogens with zero attached hydrogens (tertiary/aromatic N) is 2. The molecule has 1 aromatic carbocycles. The van der Waals surface area contributed by atoms with Gasteiger partial charge < -0.3 is 10.2 Å². The van der Waals surface area contributed by atoms with Crippen molar-refractivity contribution in [3.05, 3.63) is 54.4 Å². The van der Waals surface area contributed by atoms with E-state index in [4.69, 9.17) is 0 Å². The maximum absolute atomic E-state index is 13.0. The summed E-state index contributed by atoms with van der Waals surface area (Å²) in [6.45, 7) is 4.78. The molecular weight excluding hydrogens is 357 g/mol. The summed E-state index contributed by atoms with van der Waals surface area (Å²) in [6.07, 6.45) is 5.48. The van der Waals surface area contributed by atoms with Crippen LogP contribution >= 0.6 is 24.8 Å². The fourth-order valence-corrected chi connectivity index (χ4v) is 3.11. The van der Waals surface area contributed by atoms with Crippen molar-refractivity contribution in [1.29, 1.82) is 0 Å². The Morgan fingerprint density at radius 3 is 2.60 bits per heavy atom. The van der Waals surface area contributed by atoms with Crippen LogP contribution in [0.1, 0.15) is 30.1 Å². The van der Waals surface area contributed by atoms with Crippen LogP contribution < -0.4 is 5.32 Å². The van der Waals surface area contributed by atoms with Gasteiger partial charge in [-0.25, -0.2) is 0 Å². The second-order valence-corrected chi connectivity index (χ2v) is 5.97. The summed E-state index contributed by atoms with van der Waals surface area (Å²) in [7, 11) is 0. The first-order chi connectivity index (χ1) is 11.3. The summed E-state index contributed by atoms with van der Waals surface area (Å²) in [5, 5.41) is 3.35. The number of pyridine rings is 1. The molecule has 1 aliphatic rings. The SMILES string of the molecule is CCCN(C(=O)c1cncc(-c2ccccc2)c1)C1CCNC1.Cl.Cl. The first-order valence-electron chi connectivity index (χ1n) is 8.31. The zero-order valence-electron chi connectivity index (χ0n) is 14.4. The summed E-state index contributed by atoms with van der Waals surface area (Å²) in [5.74, 6) is 0.0887. The van der Waals surface area contributed by atoms with E-state index in [9.17, 15) is 4.79 Å². The monoisotopic (exact) mass is 381 g/mol. The molecule has 1 aliphatic heterocycles. The van der Waals surface area contributed by atoms with Crippen molar-refractivity contribution in [2.45, 2.75) is 25.8 Å². The first kappa shape index (κ1) is 21.4. The van der Waals surface area contributed by atoms with Gasteiger partial charge in [0.05, 0.1) is 5.56 Å². The van der Waals surface area contributed by atoms with Gasteiger partial charge in [-0.1, -0.05) is 37.3 Å². The molecule has 2 aromatic rings. The summed E-state index contributed by atoms with van der Waals surface area (Å²) in [5.41, 5.74) is 2.74. The van der Waals surface area contributed by atoms with Gasteiger partial charge in [-0.3, -0.25) is 9.78 Å². The average molecular weight is 382 g/mol. The van der Waals surface area contributed by atoms with Gasteiger partial charge in [-0.15, -0.1) is 24.8 Å². The summed E-state index contributed by atoms with van der Waals surface area (Å²) < 4.78 is 0. The Balaban J connectivity index is 0.00000156. The minimum absolute atomic E-state index is 0. The quantitative estimate of drug-likeness (QED) is 0.856. The molecule has 1 amide bonds. The first-order valence-corrected chi connectivity index (χ1v) is 8.31. The number of nitrogens with one attached hydrogen (secondary N) is 1. The molecule has 1 saturated heterocycles. The summed E-state index contributed by atoms with van der Waals surface area (Å²) in [4.78, 5) is 19.3. The highest BCUT2D eigenvalue weighted by atomic mass is 35.5. The van der Waals surface area contributed by atoms with Crippen molar-refractivity contribution in [1.82, 2.24) is 15.2 Å². The lowest BCUT2D eigenvalue weighted by molar-refractivity contribution is 0.0692. The van der Waals surface area contributed by atoms with Crippen LogP contribution in [-0.4, -0.2) is 41.5 Å². The van der Waals surface area contributed by atoms with E-state index in [0.717, 1.165) is 43.6 Å². The van der Waals surface area contributed by atoms with Crippen LogP contribution in [0.3, 0.4) is 0 Å². The van der Waals surface area contributed by atoms with Gasteiger partial charge in [-0.2, -0.15) is 0 Å². The Labute approximate surface area is 161 Å². The Bertz CT molecular complexity index is 661. The highest BCUT2D eigenvalue weighted by molar-refractivity contribution is 5.95. The molecule has 1 unspecified atom stereocenters. The molecule has 6 heteroatoms. The molecule has 0 aliphatic carbocycles. The van der Waals surface area contributed by atoms with Crippen LogP contribution in [-0.2, 0) is 0 Å². The Hall–Kier alpha value is -1.62. The van der Waals surface area contributed by atoms with Gasteiger partial charge in [0.15, 0.2) is 0 Å². The number of rotatable bonds is 5. The van der Waals surface area contributed by atoms with Gasteiger partial charge in [0.25, 0.3) is 5.91 Å². The normalized spacial score (nSPS) is 15.8. The highest BCUT2D eigenvalue weighted by Crippen LogP contribution is 2.21. The van der Waals surface area contributed by atoms with Crippen molar-refractivity contribution >= 4 is 30.7 Å². The number of hydrogen-bond donors (Lipinski definition) is 1. The molecule has 25 heavy (non-hydrogen) atoms. The predicted molar refractivity (Wildman–Crippen MR) is 107 cm³/mol. The maximum atomic E-state index is 13.0. The van der Waals surface area contributed by atoms with Crippen LogP contribution in [0.15, 0.2) is 48.8 Å². The molecule has 1 aromatic heterocycles. The minimum Gasteiger partial charge on any atom is -0.334 e. The predicted octanol–water partition coefficient (Wildman–Crippen LogP) is 3.81. The second-order valence-electron chi connectivity index (χ2n) is 5.97. The second kappa shape index (κ2) is 10.4. The Morgan fingerprint density at radius 1 is 1.20 bits per heavy atom. The molecule has 2 heterocycles. The van der Waals surface area contributed by atoms with Crippen LogP contribution in [0.25, 0.3) is 11.1 Å². The molecular formula is C19H25Cl2N3O. The number of benzene rings is 1. The number of aromatic nitrogens is 1. The number of carbonyl (C=O) groups excluding carboxylic acids is 1. The van der Waals surface area contributed by atoms with E-state index >= 15 is 0 Å². The number of halogens is 2. The molecule has 0 saturated carbocycles. The van der Waals surface area contributed by atoms with Crippen LogP contribution in [0.5, 0.6) is 0 Å². The zero-order chi connectivity index (χ0) is 16.1. The topological polar surface area (TPSA) is 45.2 Å². The van der Waals surface area contributed by atoms with Crippen molar-refractivity contribution in [2.24, 2.45) is 0 Å². The standard InChI is InChI=1S/C19H23N3O.2ClH/c1-2-10-22(18-8-9-20-14-18)19(23)17-11-16(12-21-13-17)15-6-4-3-5-7-15;;/h3-7,11-13,18,20H,2,8-10,14H2,1H3;2*1H. The van der Waals surface area contributed by atoms with E-state index in [2.05, 4.69) is 17.2 Å². The number of hydrogen-bond acceptors (Lipinski definition) is 3. The molecule has 1 fully saturated rings. The zero-order valence-corrected chi connectivity index (χ0v) is 16.0. The minimum atomic E-state index is 0.